The zero-order chi connectivity index (χ0) is 25.7. The zero-order valence-electron chi connectivity index (χ0n) is 20.8. The summed E-state index contributed by atoms with van der Waals surface area (Å²) >= 11 is 0. The number of para-hydroxylation sites is 1. The molecule has 0 atom stereocenters. The number of rotatable bonds is 10. The first-order valence-corrected chi connectivity index (χ1v) is 12.0. The summed E-state index contributed by atoms with van der Waals surface area (Å²) in [4.78, 5) is 20.6. The standard InChI is InChI=1S/C27H32FN5O3/c1-16(17(2)10-14-34)7-12-30-22-15-29-11-8-18(22)24-25(23-20(32-24)9-13-31-27(23)35)33-21-6-4-5-19(28)26(21)36-3/h4-6,8,11,15,30,32-34H,7,9-10,12-14H2,1-3H3,(H,31,35)/b17-16-. The molecule has 8 nitrogen and oxygen atoms in total. The van der Waals surface area contributed by atoms with E-state index in [0.29, 0.717) is 48.6 Å². The molecule has 0 aliphatic carbocycles. The molecule has 0 bridgehead atoms. The molecule has 1 aliphatic rings. The lowest BCUT2D eigenvalue weighted by Gasteiger charge is -2.17. The number of halogens is 1. The Bertz CT molecular complexity index is 1280. The van der Waals surface area contributed by atoms with Crippen LogP contribution in [0.25, 0.3) is 11.3 Å². The molecular weight excluding hydrogens is 461 g/mol. The number of hydrogen-bond donors (Lipinski definition) is 5. The molecule has 0 fully saturated rings. The van der Waals surface area contributed by atoms with Crippen molar-refractivity contribution in [1.82, 2.24) is 15.3 Å². The van der Waals surface area contributed by atoms with Crippen molar-refractivity contribution >= 4 is 23.0 Å². The molecule has 1 aromatic carbocycles. The Morgan fingerprint density at radius 1 is 1.19 bits per heavy atom. The highest BCUT2D eigenvalue weighted by atomic mass is 19.1. The maximum Gasteiger partial charge on any atom is 0.255 e. The molecule has 36 heavy (non-hydrogen) atoms. The molecule has 9 heteroatoms. The molecule has 190 valence electrons. The summed E-state index contributed by atoms with van der Waals surface area (Å²) in [6, 6.07) is 6.51. The Labute approximate surface area is 210 Å². The van der Waals surface area contributed by atoms with Crippen LogP contribution in [0.15, 0.2) is 47.8 Å². The summed E-state index contributed by atoms with van der Waals surface area (Å²) in [6.45, 7) is 5.46. The molecule has 4 rings (SSSR count). The van der Waals surface area contributed by atoms with Gasteiger partial charge in [-0.2, -0.15) is 0 Å². The monoisotopic (exact) mass is 493 g/mol. The van der Waals surface area contributed by atoms with Crippen LogP contribution in [0.3, 0.4) is 0 Å². The molecule has 3 aromatic rings. The van der Waals surface area contributed by atoms with Gasteiger partial charge in [-0.25, -0.2) is 4.39 Å². The van der Waals surface area contributed by atoms with Crippen molar-refractivity contribution in [3.05, 3.63) is 64.9 Å². The summed E-state index contributed by atoms with van der Waals surface area (Å²) in [7, 11) is 1.41. The van der Waals surface area contributed by atoms with Gasteiger partial charge in [0, 0.05) is 43.6 Å². The minimum absolute atomic E-state index is 0.0724. The van der Waals surface area contributed by atoms with Gasteiger partial charge in [0.15, 0.2) is 11.6 Å². The lowest BCUT2D eigenvalue weighted by Crippen LogP contribution is -2.31. The maximum atomic E-state index is 14.4. The fourth-order valence-electron chi connectivity index (χ4n) is 4.39. The van der Waals surface area contributed by atoms with Crippen LogP contribution in [0, 0.1) is 5.82 Å². The van der Waals surface area contributed by atoms with Crippen LogP contribution < -0.4 is 20.7 Å². The van der Waals surface area contributed by atoms with E-state index in [1.165, 1.54) is 24.3 Å². The first-order valence-electron chi connectivity index (χ1n) is 12.0. The van der Waals surface area contributed by atoms with Gasteiger partial charge in [-0.15, -0.1) is 0 Å². The minimum Gasteiger partial charge on any atom is -0.492 e. The number of aliphatic hydroxyl groups is 1. The van der Waals surface area contributed by atoms with Gasteiger partial charge in [-0.3, -0.25) is 9.78 Å². The Morgan fingerprint density at radius 2 is 2.00 bits per heavy atom. The van der Waals surface area contributed by atoms with E-state index in [2.05, 4.69) is 32.8 Å². The predicted octanol–water partition coefficient (Wildman–Crippen LogP) is 4.77. The number of pyridine rings is 1. The van der Waals surface area contributed by atoms with Crippen molar-refractivity contribution in [3.63, 3.8) is 0 Å². The molecule has 3 heterocycles. The fourth-order valence-corrected chi connectivity index (χ4v) is 4.39. The van der Waals surface area contributed by atoms with Crippen LogP contribution in [0.5, 0.6) is 5.75 Å². The Hall–Kier alpha value is -3.85. The highest BCUT2D eigenvalue weighted by Gasteiger charge is 2.28. The quantitative estimate of drug-likeness (QED) is 0.260. The number of fused-ring (bicyclic) bond motifs is 1. The number of hydrogen-bond acceptors (Lipinski definition) is 6. The van der Waals surface area contributed by atoms with Gasteiger partial charge >= 0.3 is 0 Å². The van der Waals surface area contributed by atoms with Crippen molar-refractivity contribution < 1.29 is 19.0 Å². The number of carbonyl (C=O) groups is 1. The van der Waals surface area contributed by atoms with Crippen molar-refractivity contribution in [1.29, 1.82) is 0 Å². The summed E-state index contributed by atoms with van der Waals surface area (Å²) < 4.78 is 19.7. The maximum absolute atomic E-state index is 14.4. The third-order valence-electron chi connectivity index (χ3n) is 6.52. The zero-order valence-corrected chi connectivity index (χ0v) is 20.8. The second kappa shape index (κ2) is 11.3. The van der Waals surface area contributed by atoms with Crippen molar-refractivity contribution in [2.45, 2.75) is 33.1 Å². The number of nitrogens with zero attached hydrogens (tertiary/aromatic N) is 1. The number of aliphatic hydroxyl groups excluding tert-OH is 1. The first kappa shape index (κ1) is 25.2. The largest absolute Gasteiger partial charge is 0.492 e. The molecular formula is C27H32FN5O3. The van der Waals surface area contributed by atoms with E-state index >= 15 is 0 Å². The van der Waals surface area contributed by atoms with Crippen LogP contribution >= 0.6 is 0 Å². The van der Waals surface area contributed by atoms with Crippen molar-refractivity contribution in [2.75, 3.05) is 37.4 Å². The van der Waals surface area contributed by atoms with Crippen molar-refractivity contribution in [3.8, 4) is 17.0 Å². The lowest BCUT2D eigenvalue weighted by molar-refractivity contribution is 0.0947. The van der Waals surface area contributed by atoms with E-state index in [4.69, 9.17) is 4.74 Å². The van der Waals surface area contributed by atoms with Gasteiger partial charge in [-0.1, -0.05) is 17.2 Å². The minimum atomic E-state index is -0.496. The number of H-pyrrole nitrogens is 1. The number of methoxy groups -OCH3 is 1. The number of aromatic nitrogens is 2. The summed E-state index contributed by atoms with van der Waals surface area (Å²) in [6.07, 6.45) is 5.58. The SMILES string of the molecule is COc1c(F)cccc1Nc1c(-c2ccncc2NCC/C(C)=C(/C)CCO)[nH]c2c1C(=O)NCC2. The number of ether oxygens (including phenoxy) is 1. The second-order valence-electron chi connectivity index (χ2n) is 8.81. The highest BCUT2D eigenvalue weighted by molar-refractivity contribution is 6.07. The topological polar surface area (TPSA) is 111 Å². The molecule has 0 unspecified atom stereocenters. The predicted molar refractivity (Wildman–Crippen MR) is 139 cm³/mol. The smallest absolute Gasteiger partial charge is 0.255 e. The molecule has 0 saturated heterocycles. The third kappa shape index (κ3) is 5.21. The average molecular weight is 494 g/mol. The molecule has 0 radical (unpaired) electrons. The normalized spacial score (nSPS) is 13.5. The number of benzene rings is 1. The van der Waals surface area contributed by atoms with Crippen LogP contribution in [0.1, 0.15) is 42.7 Å². The Balaban J connectivity index is 1.72. The van der Waals surface area contributed by atoms with Gasteiger partial charge in [0.05, 0.1) is 41.6 Å². The van der Waals surface area contributed by atoms with Crippen LogP contribution in [0.2, 0.25) is 0 Å². The van der Waals surface area contributed by atoms with E-state index in [1.807, 2.05) is 13.0 Å². The second-order valence-corrected chi connectivity index (χ2v) is 8.81. The van der Waals surface area contributed by atoms with Gasteiger partial charge in [-0.05, 0) is 44.9 Å². The fraction of sp³-hybridized carbons (Fsp3) is 0.333. The van der Waals surface area contributed by atoms with E-state index in [-0.39, 0.29) is 18.3 Å². The summed E-state index contributed by atoms with van der Waals surface area (Å²) in [5.41, 5.74) is 7.04. The van der Waals surface area contributed by atoms with Gasteiger partial charge in [0.1, 0.15) is 0 Å². The Morgan fingerprint density at radius 3 is 2.78 bits per heavy atom. The number of amides is 1. The molecule has 2 aromatic heterocycles. The van der Waals surface area contributed by atoms with Crippen molar-refractivity contribution in [2.24, 2.45) is 0 Å². The average Bonchev–Trinajstić information content (AvgIpc) is 3.24. The molecule has 1 amide bonds. The van der Waals surface area contributed by atoms with Crippen LogP contribution in [0.4, 0.5) is 21.5 Å². The molecule has 0 saturated carbocycles. The lowest BCUT2D eigenvalue weighted by atomic mass is 10.0. The number of carbonyl (C=O) groups excluding carboxylic acids is 1. The van der Waals surface area contributed by atoms with E-state index in [0.717, 1.165) is 23.4 Å². The van der Waals surface area contributed by atoms with Crippen LogP contribution in [-0.2, 0) is 6.42 Å². The van der Waals surface area contributed by atoms with E-state index in [1.54, 1.807) is 24.5 Å². The van der Waals surface area contributed by atoms with E-state index in [9.17, 15) is 14.3 Å². The number of anilines is 3. The Kier molecular flexibility index (Phi) is 7.90. The number of aromatic amines is 1. The molecule has 5 N–H and O–H groups in total. The molecule has 1 aliphatic heterocycles. The van der Waals surface area contributed by atoms with Gasteiger partial charge < -0.3 is 30.8 Å². The van der Waals surface area contributed by atoms with Gasteiger partial charge in [0.2, 0.25) is 0 Å². The number of nitrogens with one attached hydrogen (secondary N) is 4. The highest BCUT2D eigenvalue weighted by Crippen LogP contribution is 2.41. The summed E-state index contributed by atoms with van der Waals surface area (Å²) in [5, 5.41) is 18.8. The van der Waals surface area contributed by atoms with Crippen LogP contribution in [-0.4, -0.2) is 47.8 Å². The molecule has 0 spiro atoms. The first-order chi connectivity index (χ1) is 17.4. The summed E-state index contributed by atoms with van der Waals surface area (Å²) in [5.74, 6) is -0.618. The van der Waals surface area contributed by atoms with E-state index < -0.39 is 5.82 Å². The van der Waals surface area contributed by atoms with Gasteiger partial charge in [0.25, 0.3) is 5.91 Å². The third-order valence-corrected chi connectivity index (χ3v) is 6.52.